The summed E-state index contributed by atoms with van der Waals surface area (Å²) in [5.74, 6) is 1.41. The lowest BCUT2D eigenvalue weighted by molar-refractivity contribution is 0.320. The van der Waals surface area contributed by atoms with Gasteiger partial charge in [0.25, 0.3) is 0 Å². The van der Waals surface area contributed by atoms with Crippen LogP contribution in [0.4, 0.5) is 0 Å². The molecule has 0 unspecified atom stereocenters. The molecule has 0 atom stereocenters. The summed E-state index contributed by atoms with van der Waals surface area (Å²) in [5, 5.41) is 7.60. The van der Waals surface area contributed by atoms with Crippen LogP contribution in [0, 0.1) is 0 Å². The zero-order chi connectivity index (χ0) is 16.5. The first-order chi connectivity index (χ1) is 11.2. The third kappa shape index (κ3) is 7.11. The van der Waals surface area contributed by atoms with Crippen molar-refractivity contribution >= 4 is 53.1 Å². The van der Waals surface area contributed by atoms with Crippen LogP contribution in [0.25, 0.3) is 0 Å². The molecule has 24 heavy (non-hydrogen) atoms. The van der Waals surface area contributed by atoms with Gasteiger partial charge >= 0.3 is 0 Å². The Hall–Kier alpha value is -1.25. The van der Waals surface area contributed by atoms with E-state index in [1.807, 2.05) is 24.3 Å². The summed E-state index contributed by atoms with van der Waals surface area (Å²) in [6.07, 6.45) is 3.38. The first-order valence-corrected chi connectivity index (χ1v) is 7.86. The van der Waals surface area contributed by atoms with E-state index in [0.29, 0.717) is 35.7 Å². The summed E-state index contributed by atoms with van der Waals surface area (Å²) in [6.45, 7) is 1.68. The molecule has 0 spiro atoms. The molecule has 1 aromatic carbocycles. The Balaban J connectivity index is 0.00000288. The molecule has 2 aromatic rings. The number of benzene rings is 1. The average Bonchev–Trinajstić information content (AvgIpc) is 2.56. The Bertz CT molecular complexity index is 656. The van der Waals surface area contributed by atoms with Crippen molar-refractivity contribution in [3.63, 3.8) is 0 Å². The highest BCUT2D eigenvalue weighted by Gasteiger charge is 2.03. The molecule has 130 valence electrons. The minimum Gasteiger partial charge on any atom is -0.490 e. The van der Waals surface area contributed by atoms with Crippen LogP contribution in [-0.4, -0.2) is 31.1 Å². The fourth-order valence-electron chi connectivity index (χ4n) is 1.84. The van der Waals surface area contributed by atoms with Gasteiger partial charge in [-0.15, -0.1) is 24.0 Å². The molecule has 2 N–H and O–H groups in total. The average molecular weight is 481 g/mol. The molecule has 0 fully saturated rings. The van der Waals surface area contributed by atoms with E-state index in [1.54, 1.807) is 25.5 Å². The van der Waals surface area contributed by atoms with Crippen LogP contribution in [0.1, 0.15) is 5.56 Å². The highest BCUT2D eigenvalue weighted by molar-refractivity contribution is 14.0. The number of hydrogen-bond donors (Lipinski definition) is 2. The topological polar surface area (TPSA) is 58.5 Å². The third-order valence-electron chi connectivity index (χ3n) is 2.98. The molecule has 1 aromatic heterocycles. The number of pyridine rings is 1. The Kier molecular flexibility index (Phi) is 9.82. The third-order valence-corrected chi connectivity index (χ3v) is 3.57. The van der Waals surface area contributed by atoms with Gasteiger partial charge in [-0.1, -0.05) is 29.3 Å². The molecule has 1 heterocycles. The normalized spacial score (nSPS) is 10.7. The van der Waals surface area contributed by atoms with Crippen molar-refractivity contribution in [1.82, 2.24) is 15.6 Å². The maximum Gasteiger partial charge on any atom is 0.191 e. The molecule has 0 amide bonds. The van der Waals surface area contributed by atoms with E-state index in [0.717, 1.165) is 11.3 Å². The molecule has 0 bridgehead atoms. The summed E-state index contributed by atoms with van der Waals surface area (Å²) in [4.78, 5) is 8.14. The van der Waals surface area contributed by atoms with Gasteiger partial charge in [0, 0.05) is 29.8 Å². The molecule has 0 radical (unpaired) electrons. The molecule has 8 heteroatoms. The van der Waals surface area contributed by atoms with Gasteiger partial charge in [0.15, 0.2) is 5.96 Å². The van der Waals surface area contributed by atoms with Crippen molar-refractivity contribution in [2.24, 2.45) is 4.99 Å². The van der Waals surface area contributed by atoms with E-state index in [4.69, 9.17) is 27.9 Å². The summed E-state index contributed by atoms with van der Waals surface area (Å²) >= 11 is 12.0. The van der Waals surface area contributed by atoms with E-state index in [2.05, 4.69) is 20.6 Å². The highest BCUT2D eigenvalue weighted by Crippen LogP contribution is 2.20. The fourth-order valence-corrected chi connectivity index (χ4v) is 2.31. The Morgan fingerprint density at radius 3 is 2.75 bits per heavy atom. The van der Waals surface area contributed by atoms with Gasteiger partial charge in [0.2, 0.25) is 0 Å². The van der Waals surface area contributed by atoms with Crippen molar-refractivity contribution in [1.29, 1.82) is 0 Å². The van der Waals surface area contributed by atoms with Crippen molar-refractivity contribution in [2.45, 2.75) is 6.54 Å². The number of halogens is 3. The van der Waals surface area contributed by atoms with Crippen molar-refractivity contribution in [3.05, 3.63) is 58.3 Å². The maximum atomic E-state index is 6.14. The summed E-state index contributed by atoms with van der Waals surface area (Å²) in [7, 11) is 1.71. The fraction of sp³-hybridized carbons (Fsp3) is 0.250. The molecule has 0 aliphatic carbocycles. The number of guanidine groups is 1. The molecule has 2 rings (SSSR count). The summed E-state index contributed by atoms with van der Waals surface area (Å²) in [6, 6.07) is 9.11. The Labute approximate surface area is 168 Å². The summed E-state index contributed by atoms with van der Waals surface area (Å²) < 4.78 is 5.55. The van der Waals surface area contributed by atoms with Crippen LogP contribution in [0.15, 0.2) is 47.7 Å². The number of hydrogen-bond acceptors (Lipinski definition) is 3. The SMILES string of the molecule is CN=C(NCCOc1cccnc1)NCc1ccc(Cl)cc1Cl.I. The lowest BCUT2D eigenvalue weighted by atomic mass is 10.2. The van der Waals surface area contributed by atoms with E-state index < -0.39 is 0 Å². The first kappa shape index (κ1) is 20.8. The summed E-state index contributed by atoms with van der Waals surface area (Å²) in [5.41, 5.74) is 0.950. The van der Waals surface area contributed by atoms with Crippen LogP contribution in [0.5, 0.6) is 5.75 Å². The zero-order valence-corrected chi connectivity index (χ0v) is 17.0. The maximum absolute atomic E-state index is 6.14. The van der Waals surface area contributed by atoms with Gasteiger partial charge < -0.3 is 15.4 Å². The van der Waals surface area contributed by atoms with Crippen LogP contribution < -0.4 is 15.4 Å². The van der Waals surface area contributed by atoms with Crippen LogP contribution in [0.2, 0.25) is 10.0 Å². The molecular formula is C16H19Cl2IN4O. The van der Waals surface area contributed by atoms with Gasteiger partial charge in [-0.2, -0.15) is 0 Å². The van der Waals surface area contributed by atoms with Crippen LogP contribution >= 0.6 is 47.2 Å². The second-order valence-corrected chi connectivity index (χ2v) is 5.47. The minimum atomic E-state index is 0. The Morgan fingerprint density at radius 1 is 1.25 bits per heavy atom. The van der Waals surface area contributed by atoms with E-state index >= 15 is 0 Å². The number of aliphatic imine (C=N–C) groups is 1. The van der Waals surface area contributed by atoms with E-state index in [9.17, 15) is 0 Å². The van der Waals surface area contributed by atoms with Gasteiger partial charge in [0.1, 0.15) is 12.4 Å². The molecular weight excluding hydrogens is 462 g/mol. The Morgan fingerprint density at radius 2 is 2.08 bits per heavy atom. The molecule has 0 saturated carbocycles. The van der Waals surface area contributed by atoms with Crippen LogP contribution in [0.3, 0.4) is 0 Å². The predicted octanol–water partition coefficient (Wildman–Crippen LogP) is 3.75. The molecule has 0 aliphatic rings. The number of nitrogens with zero attached hydrogens (tertiary/aromatic N) is 2. The molecule has 0 aliphatic heterocycles. The second kappa shape index (κ2) is 11.3. The highest BCUT2D eigenvalue weighted by atomic mass is 127. The molecule has 0 saturated heterocycles. The number of ether oxygens (including phenoxy) is 1. The van der Waals surface area contributed by atoms with Crippen molar-refractivity contribution < 1.29 is 4.74 Å². The standard InChI is InChI=1S/C16H18Cl2N4O.HI/c1-19-16(21-7-8-23-14-3-2-6-20-11-14)22-10-12-4-5-13(17)9-15(12)18;/h2-6,9,11H,7-8,10H2,1H3,(H2,19,21,22);1H. The van der Waals surface area contributed by atoms with Crippen LogP contribution in [-0.2, 0) is 6.54 Å². The van der Waals surface area contributed by atoms with Gasteiger partial charge in [-0.3, -0.25) is 9.98 Å². The number of aromatic nitrogens is 1. The largest absolute Gasteiger partial charge is 0.490 e. The minimum absolute atomic E-state index is 0. The zero-order valence-electron chi connectivity index (χ0n) is 13.1. The predicted molar refractivity (Wildman–Crippen MR) is 110 cm³/mol. The van der Waals surface area contributed by atoms with Crippen molar-refractivity contribution in [2.75, 3.05) is 20.2 Å². The number of rotatable bonds is 6. The van der Waals surface area contributed by atoms with Gasteiger partial charge in [0.05, 0.1) is 12.7 Å². The lowest BCUT2D eigenvalue weighted by Crippen LogP contribution is -2.38. The number of nitrogens with one attached hydrogen (secondary N) is 2. The van der Waals surface area contributed by atoms with E-state index in [1.165, 1.54) is 0 Å². The lowest BCUT2D eigenvalue weighted by Gasteiger charge is -2.13. The van der Waals surface area contributed by atoms with Gasteiger partial charge in [-0.05, 0) is 29.8 Å². The quantitative estimate of drug-likeness (QED) is 0.286. The first-order valence-electron chi connectivity index (χ1n) is 7.10. The monoisotopic (exact) mass is 480 g/mol. The smallest absolute Gasteiger partial charge is 0.191 e. The second-order valence-electron chi connectivity index (χ2n) is 4.63. The van der Waals surface area contributed by atoms with Gasteiger partial charge in [-0.25, -0.2) is 0 Å². The van der Waals surface area contributed by atoms with Crippen molar-refractivity contribution in [3.8, 4) is 5.75 Å². The van der Waals surface area contributed by atoms with E-state index in [-0.39, 0.29) is 24.0 Å². The molecule has 5 nitrogen and oxygen atoms in total.